The van der Waals surface area contributed by atoms with Crippen molar-refractivity contribution in [2.45, 2.75) is 47.1 Å². The number of aromatic nitrogens is 1. The molecule has 0 spiro atoms. The lowest BCUT2D eigenvalue weighted by molar-refractivity contribution is 0.551. The van der Waals surface area contributed by atoms with Gasteiger partial charge in [0.25, 0.3) is 0 Å². The molecule has 1 rings (SSSR count). The smallest absolute Gasteiger partial charge is 0.133 e. The van der Waals surface area contributed by atoms with Crippen LogP contribution in [0.15, 0.2) is 16.7 Å². The monoisotopic (exact) mass is 341 g/mol. The molecule has 0 aliphatic rings. The third kappa shape index (κ3) is 5.80. The zero-order chi connectivity index (χ0) is 15.0. The molecule has 0 aromatic carbocycles. The van der Waals surface area contributed by atoms with Crippen LogP contribution in [0.4, 0.5) is 5.82 Å². The van der Waals surface area contributed by atoms with Gasteiger partial charge in [0.05, 0.1) is 0 Å². The van der Waals surface area contributed by atoms with Crippen LogP contribution in [0.3, 0.4) is 0 Å². The first-order valence-electron chi connectivity index (χ1n) is 7.68. The third-order valence-electron chi connectivity index (χ3n) is 3.24. The Balaban J connectivity index is 2.81. The highest BCUT2D eigenvalue weighted by atomic mass is 79.9. The van der Waals surface area contributed by atoms with E-state index in [1.165, 1.54) is 18.4 Å². The molecular weight excluding hydrogens is 314 g/mol. The van der Waals surface area contributed by atoms with E-state index in [1.54, 1.807) is 0 Å². The lowest BCUT2D eigenvalue weighted by Crippen LogP contribution is -2.28. The molecule has 0 atom stereocenters. The van der Waals surface area contributed by atoms with Crippen LogP contribution in [-0.4, -0.2) is 24.6 Å². The van der Waals surface area contributed by atoms with Crippen molar-refractivity contribution in [3.63, 3.8) is 0 Å². The van der Waals surface area contributed by atoms with E-state index in [-0.39, 0.29) is 0 Å². The zero-order valence-electron chi connectivity index (χ0n) is 13.2. The Kier molecular flexibility index (Phi) is 8.15. The maximum Gasteiger partial charge on any atom is 0.133 e. The number of unbranched alkanes of at least 4 members (excludes halogenated alkanes) is 1. The molecule has 0 saturated carbocycles. The second kappa shape index (κ2) is 9.35. The van der Waals surface area contributed by atoms with Gasteiger partial charge in [0.15, 0.2) is 0 Å². The quantitative estimate of drug-likeness (QED) is 0.728. The maximum atomic E-state index is 4.64. The number of nitrogens with zero attached hydrogens (tertiary/aromatic N) is 2. The van der Waals surface area contributed by atoms with Crippen LogP contribution in [0.25, 0.3) is 0 Å². The Morgan fingerprint density at radius 1 is 1.35 bits per heavy atom. The van der Waals surface area contributed by atoms with E-state index in [9.17, 15) is 0 Å². The summed E-state index contributed by atoms with van der Waals surface area (Å²) >= 11 is 3.53. The number of hydrogen-bond acceptors (Lipinski definition) is 3. The molecule has 0 bridgehead atoms. The number of pyridine rings is 1. The second-order valence-corrected chi connectivity index (χ2v) is 6.51. The van der Waals surface area contributed by atoms with Gasteiger partial charge >= 0.3 is 0 Å². The molecule has 0 saturated heterocycles. The second-order valence-electron chi connectivity index (χ2n) is 5.59. The maximum absolute atomic E-state index is 4.64. The SMILES string of the molecule is CCCCN(CC)c1ncc(Br)cc1CNCC(C)C. The summed E-state index contributed by atoms with van der Waals surface area (Å²) < 4.78 is 1.05. The summed E-state index contributed by atoms with van der Waals surface area (Å²) in [5.74, 6) is 1.79. The van der Waals surface area contributed by atoms with E-state index in [4.69, 9.17) is 0 Å². The van der Waals surface area contributed by atoms with Gasteiger partial charge in [-0.05, 0) is 47.8 Å². The van der Waals surface area contributed by atoms with Crippen LogP contribution in [0.2, 0.25) is 0 Å². The first-order valence-corrected chi connectivity index (χ1v) is 8.47. The largest absolute Gasteiger partial charge is 0.357 e. The van der Waals surface area contributed by atoms with Crippen molar-refractivity contribution in [2.24, 2.45) is 5.92 Å². The van der Waals surface area contributed by atoms with Crippen molar-refractivity contribution in [1.82, 2.24) is 10.3 Å². The van der Waals surface area contributed by atoms with Gasteiger partial charge in [-0.2, -0.15) is 0 Å². The fourth-order valence-electron chi connectivity index (χ4n) is 2.15. The predicted octanol–water partition coefficient (Wildman–Crippen LogP) is 4.22. The molecule has 0 amide bonds. The summed E-state index contributed by atoms with van der Waals surface area (Å²) in [5.41, 5.74) is 1.28. The molecule has 4 heteroatoms. The summed E-state index contributed by atoms with van der Waals surface area (Å²) in [4.78, 5) is 7.02. The van der Waals surface area contributed by atoms with Crippen LogP contribution in [0, 0.1) is 5.92 Å². The van der Waals surface area contributed by atoms with E-state index in [1.807, 2.05) is 6.20 Å². The molecule has 3 nitrogen and oxygen atoms in total. The Morgan fingerprint density at radius 2 is 2.10 bits per heavy atom. The van der Waals surface area contributed by atoms with Crippen molar-refractivity contribution in [3.8, 4) is 0 Å². The fraction of sp³-hybridized carbons (Fsp3) is 0.688. The highest BCUT2D eigenvalue weighted by molar-refractivity contribution is 9.10. The van der Waals surface area contributed by atoms with Crippen LogP contribution >= 0.6 is 15.9 Å². The highest BCUT2D eigenvalue weighted by Crippen LogP contribution is 2.22. The van der Waals surface area contributed by atoms with E-state index in [0.29, 0.717) is 5.92 Å². The Bertz CT molecular complexity index is 393. The average molecular weight is 342 g/mol. The third-order valence-corrected chi connectivity index (χ3v) is 3.67. The van der Waals surface area contributed by atoms with Gasteiger partial charge in [0, 0.05) is 35.9 Å². The Morgan fingerprint density at radius 3 is 2.70 bits per heavy atom. The topological polar surface area (TPSA) is 28.2 Å². The van der Waals surface area contributed by atoms with Gasteiger partial charge in [-0.1, -0.05) is 27.2 Å². The van der Waals surface area contributed by atoms with Crippen molar-refractivity contribution in [1.29, 1.82) is 0 Å². The number of halogens is 1. The summed E-state index contributed by atoms with van der Waals surface area (Å²) in [6.07, 6.45) is 4.33. The van der Waals surface area contributed by atoms with Gasteiger partial charge in [0.2, 0.25) is 0 Å². The minimum atomic E-state index is 0.668. The van der Waals surface area contributed by atoms with Crippen LogP contribution < -0.4 is 10.2 Å². The number of nitrogens with one attached hydrogen (secondary N) is 1. The minimum absolute atomic E-state index is 0.668. The highest BCUT2D eigenvalue weighted by Gasteiger charge is 2.11. The van der Waals surface area contributed by atoms with Crippen molar-refractivity contribution in [3.05, 3.63) is 22.3 Å². The van der Waals surface area contributed by atoms with Gasteiger partial charge in [0.1, 0.15) is 5.82 Å². The van der Waals surface area contributed by atoms with Crippen LogP contribution in [-0.2, 0) is 6.54 Å². The average Bonchev–Trinajstić information content (AvgIpc) is 2.41. The summed E-state index contributed by atoms with van der Waals surface area (Å²) in [6.45, 7) is 12.9. The number of hydrogen-bond donors (Lipinski definition) is 1. The predicted molar refractivity (Wildman–Crippen MR) is 91.3 cm³/mol. The molecule has 1 heterocycles. The molecule has 0 unspecified atom stereocenters. The molecule has 0 aliphatic heterocycles. The molecule has 114 valence electrons. The Hall–Kier alpha value is -0.610. The van der Waals surface area contributed by atoms with Crippen molar-refractivity contribution < 1.29 is 0 Å². The fourth-order valence-corrected chi connectivity index (χ4v) is 2.53. The number of anilines is 1. The molecule has 20 heavy (non-hydrogen) atoms. The molecule has 1 N–H and O–H groups in total. The molecule has 0 radical (unpaired) electrons. The van der Waals surface area contributed by atoms with Crippen LogP contribution in [0.1, 0.15) is 46.1 Å². The van der Waals surface area contributed by atoms with Crippen molar-refractivity contribution in [2.75, 3.05) is 24.5 Å². The molecular formula is C16H28BrN3. The first-order chi connectivity index (χ1) is 9.58. The van der Waals surface area contributed by atoms with Gasteiger partial charge in [-0.3, -0.25) is 0 Å². The lowest BCUT2D eigenvalue weighted by atomic mass is 10.2. The number of rotatable bonds is 9. The molecule has 1 aromatic heterocycles. The normalized spacial score (nSPS) is 11.1. The van der Waals surface area contributed by atoms with E-state index < -0.39 is 0 Å². The molecule has 0 fully saturated rings. The standard InChI is InChI=1S/C16H28BrN3/c1-5-7-8-20(6-2)16-14(9-15(17)12-19-16)11-18-10-13(3)4/h9,12-13,18H,5-8,10-11H2,1-4H3. The van der Waals surface area contributed by atoms with Gasteiger partial charge in [-0.25, -0.2) is 4.98 Å². The zero-order valence-corrected chi connectivity index (χ0v) is 14.8. The van der Waals surface area contributed by atoms with E-state index in [2.05, 4.69) is 64.9 Å². The Labute approximate surface area is 132 Å². The minimum Gasteiger partial charge on any atom is -0.357 e. The molecule has 1 aromatic rings. The summed E-state index contributed by atoms with van der Waals surface area (Å²) in [7, 11) is 0. The van der Waals surface area contributed by atoms with Gasteiger partial charge < -0.3 is 10.2 Å². The van der Waals surface area contributed by atoms with Gasteiger partial charge in [-0.15, -0.1) is 0 Å². The summed E-state index contributed by atoms with van der Waals surface area (Å²) in [5, 5.41) is 3.52. The molecule has 0 aliphatic carbocycles. The summed E-state index contributed by atoms with van der Waals surface area (Å²) in [6, 6.07) is 2.18. The van der Waals surface area contributed by atoms with E-state index >= 15 is 0 Å². The lowest BCUT2D eigenvalue weighted by Gasteiger charge is -2.24. The van der Waals surface area contributed by atoms with Crippen molar-refractivity contribution >= 4 is 21.7 Å². The van der Waals surface area contributed by atoms with Crippen LogP contribution in [0.5, 0.6) is 0 Å². The van der Waals surface area contributed by atoms with E-state index in [0.717, 1.165) is 36.5 Å². The first kappa shape index (κ1) is 17.4.